The van der Waals surface area contributed by atoms with Gasteiger partial charge in [0, 0.05) is 29.9 Å². The number of allylic oxidation sites excluding steroid dienone is 5. The number of benzene rings is 2. The van der Waals surface area contributed by atoms with Crippen LogP contribution in [0.2, 0.25) is 0 Å². The van der Waals surface area contributed by atoms with Gasteiger partial charge in [0.1, 0.15) is 5.82 Å². The summed E-state index contributed by atoms with van der Waals surface area (Å²) in [6.07, 6.45) is 17.6. The first-order valence-electron chi connectivity index (χ1n) is 11.2. The third-order valence-corrected chi connectivity index (χ3v) is 5.63. The highest BCUT2D eigenvalue weighted by Gasteiger charge is 2.09. The number of unbranched alkanes of at least 4 members (excludes halogenated alkanes) is 3. The minimum absolute atomic E-state index is 0.751. The lowest BCUT2D eigenvalue weighted by atomic mass is 10.0. The fourth-order valence-electron chi connectivity index (χ4n) is 3.88. The Morgan fingerprint density at radius 3 is 2.69 bits per heavy atom. The third-order valence-electron chi connectivity index (χ3n) is 5.63. The van der Waals surface area contributed by atoms with E-state index in [4.69, 9.17) is 0 Å². The second-order valence-electron chi connectivity index (χ2n) is 7.89. The van der Waals surface area contributed by atoms with Gasteiger partial charge in [-0.15, -0.1) is 5.73 Å². The van der Waals surface area contributed by atoms with Crippen LogP contribution in [0, 0.1) is 11.8 Å². The van der Waals surface area contributed by atoms with Crippen molar-refractivity contribution in [1.82, 2.24) is 9.55 Å². The Morgan fingerprint density at radius 2 is 1.88 bits per heavy atom. The van der Waals surface area contributed by atoms with Gasteiger partial charge in [0.2, 0.25) is 0 Å². The van der Waals surface area contributed by atoms with Crippen molar-refractivity contribution in [2.24, 2.45) is 0 Å². The molecule has 1 heterocycles. The first kappa shape index (κ1) is 21.4. The number of imidazole rings is 1. The molecular weight excluding hydrogens is 388 g/mol. The van der Waals surface area contributed by atoms with Gasteiger partial charge in [-0.25, -0.2) is 4.98 Å². The maximum Gasteiger partial charge on any atom is 0.140 e. The van der Waals surface area contributed by atoms with E-state index in [2.05, 4.69) is 100 Å². The molecule has 1 aliphatic carbocycles. The summed E-state index contributed by atoms with van der Waals surface area (Å²) in [5.41, 5.74) is 8.90. The molecule has 2 heteroatoms. The molecule has 4 rings (SSSR count). The van der Waals surface area contributed by atoms with E-state index >= 15 is 0 Å². The Labute approximate surface area is 191 Å². The average molecular weight is 417 g/mol. The van der Waals surface area contributed by atoms with Gasteiger partial charge in [-0.05, 0) is 54.5 Å². The van der Waals surface area contributed by atoms with Crippen molar-refractivity contribution in [2.45, 2.75) is 38.6 Å². The third kappa shape index (κ3) is 5.46. The Hall–Kier alpha value is -3.79. The number of nitrogens with zero attached hydrogens (tertiary/aromatic N) is 2. The van der Waals surface area contributed by atoms with Crippen molar-refractivity contribution in [3.05, 3.63) is 114 Å². The summed E-state index contributed by atoms with van der Waals surface area (Å²) in [5, 5.41) is 0. The molecule has 0 amide bonds. The standard InChI is InChI=1S/C30H28N2/c1-2-3-4-5-6-7-8-13-26-16-11-12-17-29(26)24-32-23-22-31-30(32)28-20-18-27(19-21-28)25-14-9-10-15-25/h3,9-12,14,16-23H,1,4-7,15,24H2. The van der Waals surface area contributed by atoms with Crippen LogP contribution >= 0.6 is 0 Å². The molecule has 158 valence electrons. The monoisotopic (exact) mass is 416 g/mol. The van der Waals surface area contributed by atoms with E-state index in [0.717, 1.165) is 55.6 Å². The molecular formula is C30H28N2. The van der Waals surface area contributed by atoms with Crippen LogP contribution in [0.4, 0.5) is 0 Å². The molecule has 2 nitrogen and oxygen atoms in total. The van der Waals surface area contributed by atoms with Gasteiger partial charge in [0.05, 0.1) is 6.54 Å². The number of rotatable bonds is 8. The van der Waals surface area contributed by atoms with E-state index in [-0.39, 0.29) is 0 Å². The van der Waals surface area contributed by atoms with Crippen molar-refractivity contribution in [1.29, 1.82) is 0 Å². The Balaban J connectivity index is 1.46. The van der Waals surface area contributed by atoms with E-state index in [0.29, 0.717) is 0 Å². The second kappa shape index (κ2) is 11.0. The molecule has 1 aliphatic rings. The summed E-state index contributed by atoms with van der Waals surface area (Å²) in [6.45, 7) is 4.35. The summed E-state index contributed by atoms with van der Waals surface area (Å²) in [7, 11) is 0. The minimum Gasteiger partial charge on any atom is -0.327 e. The molecule has 0 unspecified atom stereocenters. The molecule has 32 heavy (non-hydrogen) atoms. The molecule has 0 N–H and O–H groups in total. The maximum atomic E-state index is 4.64. The molecule has 2 aromatic carbocycles. The quantitative estimate of drug-likeness (QED) is 0.216. The molecule has 0 fully saturated rings. The molecule has 0 aliphatic heterocycles. The largest absolute Gasteiger partial charge is 0.327 e. The van der Waals surface area contributed by atoms with Crippen molar-refractivity contribution in [3.63, 3.8) is 0 Å². The van der Waals surface area contributed by atoms with Crippen LogP contribution < -0.4 is 0 Å². The van der Waals surface area contributed by atoms with Gasteiger partial charge >= 0.3 is 0 Å². The molecule has 0 bridgehead atoms. The zero-order valence-corrected chi connectivity index (χ0v) is 18.4. The Bertz CT molecular complexity index is 1220. The summed E-state index contributed by atoms with van der Waals surface area (Å²) in [5.74, 6) is 7.70. The highest BCUT2D eigenvalue weighted by molar-refractivity contribution is 5.72. The smallest absolute Gasteiger partial charge is 0.140 e. The number of hydrogen-bond donors (Lipinski definition) is 0. The molecule has 0 saturated heterocycles. The maximum absolute atomic E-state index is 4.64. The summed E-state index contributed by atoms with van der Waals surface area (Å²) >= 11 is 0. The van der Waals surface area contributed by atoms with Crippen LogP contribution in [0.3, 0.4) is 0 Å². The van der Waals surface area contributed by atoms with Crippen LogP contribution in [0.1, 0.15) is 48.8 Å². The van der Waals surface area contributed by atoms with Crippen LogP contribution in [-0.2, 0) is 6.54 Å². The normalized spacial score (nSPS) is 12.1. The molecule has 0 atom stereocenters. The average Bonchev–Trinajstić information content (AvgIpc) is 3.52. The fourth-order valence-corrected chi connectivity index (χ4v) is 3.88. The van der Waals surface area contributed by atoms with E-state index < -0.39 is 0 Å². The van der Waals surface area contributed by atoms with Crippen molar-refractivity contribution >= 4 is 5.57 Å². The molecule has 1 aromatic heterocycles. The van der Waals surface area contributed by atoms with Gasteiger partial charge in [0.25, 0.3) is 0 Å². The Morgan fingerprint density at radius 1 is 1.03 bits per heavy atom. The second-order valence-corrected chi connectivity index (χ2v) is 7.89. The minimum atomic E-state index is 0.751. The summed E-state index contributed by atoms with van der Waals surface area (Å²) in [6, 6.07) is 17.1. The van der Waals surface area contributed by atoms with Gasteiger partial charge < -0.3 is 4.57 Å². The molecule has 0 spiro atoms. The van der Waals surface area contributed by atoms with Crippen molar-refractivity contribution < 1.29 is 0 Å². The SMILES string of the molecule is C=C=CCCCCC#Cc1ccccc1Cn1ccnc1-c1ccc(C2=CC=CC2)cc1. The molecule has 0 radical (unpaired) electrons. The zero-order valence-electron chi connectivity index (χ0n) is 18.4. The predicted octanol–water partition coefficient (Wildman–Crippen LogP) is 7.19. The summed E-state index contributed by atoms with van der Waals surface area (Å²) < 4.78 is 2.20. The van der Waals surface area contributed by atoms with Crippen molar-refractivity contribution in [2.75, 3.05) is 0 Å². The lowest BCUT2D eigenvalue weighted by Gasteiger charge is -2.11. The zero-order chi connectivity index (χ0) is 22.0. The van der Waals surface area contributed by atoms with Crippen LogP contribution in [0.5, 0.6) is 0 Å². The van der Waals surface area contributed by atoms with Crippen LogP contribution in [0.25, 0.3) is 17.0 Å². The first-order chi connectivity index (χ1) is 15.8. The predicted molar refractivity (Wildman–Crippen MR) is 134 cm³/mol. The number of aromatic nitrogens is 2. The fraction of sp³-hybridized carbons (Fsp3) is 0.200. The lowest BCUT2D eigenvalue weighted by molar-refractivity contribution is 0.772. The van der Waals surface area contributed by atoms with Crippen LogP contribution in [0.15, 0.2) is 97.5 Å². The summed E-state index contributed by atoms with van der Waals surface area (Å²) in [4.78, 5) is 4.64. The van der Waals surface area contributed by atoms with Gasteiger partial charge in [-0.2, -0.15) is 0 Å². The van der Waals surface area contributed by atoms with Gasteiger partial charge in [-0.3, -0.25) is 0 Å². The van der Waals surface area contributed by atoms with E-state index in [9.17, 15) is 0 Å². The lowest BCUT2D eigenvalue weighted by Crippen LogP contribution is -2.03. The highest BCUT2D eigenvalue weighted by atomic mass is 15.1. The highest BCUT2D eigenvalue weighted by Crippen LogP contribution is 2.26. The van der Waals surface area contributed by atoms with E-state index in [1.165, 1.54) is 16.7 Å². The van der Waals surface area contributed by atoms with Crippen molar-refractivity contribution in [3.8, 4) is 23.2 Å². The van der Waals surface area contributed by atoms with Gasteiger partial charge in [-0.1, -0.05) is 79.1 Å². The van der Waals surface area contributed by atoms with Crippen LogP contribution in [-0.4, -0.2) is 9.55 Å². The van der Waals surface area contributed by atoms with E-state index in [1.807, 2.05) is 18.5 Å². The van der Waals surface area contributed by atoms with E-state index in [1.54, 1.807) is 0 Å². The molecule has 3 aromatic rings. The first-order valence-corrected chi connectivity index (χ1v) is 11.2. The molecule has 0 saturated carbocycles. The Kier molecular flexibility index (Phi) is 7.38. The number of hydrogen-bond acceptors (Lipinski definition) is 1. The van der Waals surface area contributed by atoms with Gasteiger partial charge in [0.15, 0.2) is 0 Å². The topological polar surface area (TPSA) is 17.8 Å².